The smallest absolute Gasteiger partial charge is 0.321 e. The number of unbranched alkanes of at least 4 members (excludes halogenated alkanes) is 1. The first kappa shape index (κ1) is 15.0. The van der Waals surface area contributed by atoms with Crippen LogP contribution < -0.4 is 0 Å². The molecule has 1 aliphatic rings. The van der Waals surface area contributed by atoms with Gasteiger partial charge in [-0.3, -0.25) is 9.69 Å². The summed E-state index contributed by atoms with van der Waals surface area (Å²) in [6.45, 7) is 4.87. The predicted octanol–water partition coefficient (Wildman–Crippen LogP) is 2.31. The third-order valence-electron chi connectivity index (χ3n) is 3.80. The van der Waals surface area contributed by atoms with Crippen LogP contribution in [0.4, 0.5) is 0 Å². The number of ether oxygens (including phenoxy) is 1. The maximum Gasteiger partial charge on any atom is 0.321 e. The van der Waals surface area contributed by atoms with Crippen LogP contribution in [0, 0.1) is 0 Å². The van der Waals surface area contributed by atoms with E-state index in [2.05, 4.69) is 13.0 Å². The molecule has 4 heteroatoms. The van der Waals surface area contributed by atoms with Gasteiger partial charge < -0.3 is 9.84 Å². The molecule has 0 fully saturated rings. The third kappa shape index (κ3) is 3.81. The maximum absolute atomic E-state index is 11.4. The highest BCUT2D eigenvalue weighted by molar-refractivity contribution is 5.74. The molecule has 20 heavy (non-hydrogen) atoms. The molecule has 0 spiro atoms. The van der Waals surface area contributed by atoms with E-state index < -0.39 is 12.0 Å². The lowest BCUT2D eigenvalue weighted by Gasteiger charge is -2.34. The van der Waals surface area contributed by atoms with E-state index in [1.54, 1.807) is 0 Å². The van der Waals surface area contributed by atoms with Gasteiger partial charge in [-0.1, -0.05) is 37.6 Å². The van der Waals surface area contributed by atoms with Crippen molar-refractivity contribution >= 4 is 5.97 Å². The van der Waals surface area contributed by atoms with Gasteiger partial charge in [0, 0.05) is 19.7 Å². The van der Waals surface area contributed by atoms with Gasteiger partial charge in [0.2, 0.25) is 0 Å². The predicted molar refractivity (Wildman–Crippen MR) is 77.7 cm³/mol. The van der Waals surface area contributed by atoms with E-state index in [4.69, 9.17) is 4.74 Å². The fraction of sp³-hybridized carbons (Fsp3) is 0.562. The fourth-order valence-corrected chi connectivity index (χ4v) is 2.59. The quantitative estimate of drug-likeness (QED) is 0.777. The summed E-state index contributed by atoms with van der Waals surface area (Å²) < 4.78 is 5.56. The molecule has 1 atom stereocenters. The molecule has 110 valence electrons. The first-order valence-electron chi connectivity index (χ1n) is 7.33. The van der Waals surface area contributed by atoms with E-state index in [0.717, 1.165) is 25.0 Å². The second-order valence-electron chi connectivity index (χ2n) is 5.26. The van der Waals surface area contributed by atoms with Crippen molar-refractivity contribution in [2.24, 2.45) is 0 Å². The summed E-state index contributed by atoms with van der Waals surface area (Å²) in [6, 6.07) is 7.66. The van der Waals surface area contributed by atoms with Crippen molar-refractivity contribution in [3.63, 3.8) is 0 Å². The topological polar surface area (TPSA) is 49.8 Å². The molecular formula is C16H23NO3. The van der Waals surface area contributed by atoms with Gasteiger partial charge in [-0.05, 0) is 24.0 Å². The van der Waals surface area contributed by atoms with Crippen molar-refractivity contribution in [2.45, 2.75) is 38.8 Å². The second kappa shape index (κ2) is 7.41. The molecule has 0 aromatic heterocycles. The SMILES string of the molecule is CCCCOCCN1Cc2ccccc2CC1C(=O)O. The van der Waals surface area contributed by atoms with E-state index >= 15 is 0 Å². The van der Waals surface area contributed by atoms with Crippen LogP contribution >= 0.6 is 0 Å². The third-order valence-corrected chi connectivity index (χ3v) is 3.80. The van der Waals surface area contributed by atoms with Crippen LogP contribution in [-0.2, 0) is 22.5 Å². The van der Waals surface area contributed by atoms with Crippen molar-refractivity contribution in [3.8, 4) is 0 Å². The Kier molecular flexibility index (Phi) is 5.56. The van der Waals surface area contributed by atoms with Crippen molar-refractivity contribution in [3.05, 3.63) is 35.4 Å². The Bertz CT molecular complexity index is 447. The van der Waals surface area contributed by atoms with Crippen molar-refractivity contribution < 1.29 is 14.6 Å². The molecule has 1 aromatic carbocycles. The van der Waals surface area contributed by atoms with Crippen LogP contribution in [0.15, 0.2) is 24.3 Å². The molecule has 1 aliphatic heterocycles. The molecule has 1 unspecified atom stereocenters. The normalized spacial score (nSPS) is 18.8. The van der Waals surface area contributed by atoms with E-state index in [9.17, 15) is 9.90 Å². The fourth-order valence-electron chi connectivity index (χ4n) is 2.59. The average Bonchev–Trinajstić information content (AvgIpc) is 2.46. The Balaban J connectivity index is 1.94. The number of aliphatic carboxylic acids is 1. The highest BCUT2D eigenvalue weighted by Gasteiger charge is 2.30. The number of carboxylic acids is 1. The number of carboxylic acid groups (broad SMARTS) is 1. The van der Waals surface area contributed by atoms with Crippen LogP contribution in [-0.4, -0.2) is 41.8 Å². The van der Waals surface area contributed by atoms with E-state index in [-0.39, 0.29) is 0 Å². The Morgan fingerprint density at radius 2 is 2.10 bits per heavy atom. The number of hydrogen-bond acceptors (Lipinski definition) is 3. The van der Waals surface area contributed by atoms with Gasteiger partial charge in [-0.2, -0.15) is 0 Å². The standard InChI is InChI=1S/C16H23NO3/c1-2-3-9-20-10-8-17-12-14-7-5-4-6-13(14)11-15(17)16(18)19/h4-7,15H,2-3,8-12H2,1H3,(H,18,19). The highest BCUT2D eigenvalue weighted by atomic mass is 16.5. The zero-order valence-electron chi connectivity index (χ0n) is 12.0. The van der Waals surface area contributed by atoms with Crippen LogP contribution in [0.25, 0.3) is 0 Å². The Morgan fingerprint density at radius 3 is 2.80 bits per heavy atom. The Hall–Kier alpha value is -1.39. The molecule has 0 saturated carbocycles. The minimum atomic E-state index is -0.743. The lowest BCUT2D eigenvalue weighted by Crippen LogP contribution is -2.46. The lowest BCUT2D eigenvalue weighted by molar-refractivity contribution is -0.144. The molecule has 0 radical (unpaired) electrons. The van der Waals surface area contributed by atoms with Crippen LogP contribution in [0.2, 0.25) is 0 Å². The summed E-state index contributed by atoms with van der Waals surface area (Å²) in [7, 11) is 0. The summed E-state index contributed by atoms with van der Waals surface area (Å²) in [5.74, 6) is -0.743. The summed E-state index contributed by atoms with van der Waals surface area (Å²) in [5.41, 5.74) is 2.39. The van der Waals surface area contributed by atoms with Gasteiger partial charge in [0.15, 0.2) is 0 Å². The van der Waals surface area contributed by atoms with Crippen molar-refractivity contribution in [2.75, 3.05) is 19.8 Å². The zero-order chi connectivity index (χ0) is 14.4. The monoisotopic (exact) mass is 277 g/mol. The molecule has 1 N–H and O–H groups in total. The molecule has 1 aromatic rings. The highest BCUT2D eigenvalue weighted by Crippen LogP contribution is 2.23. The number of carbonyl (C=O) groups is 1. The van der Waals surface area contributed by atoms with Gasteiger partial charge in [0.1, 0.15) is 6.04 Å². The number of hydrogen-bond donors (Lipinski definition) is 1. The first-order chi connectivity index (χ1) is 9.72. The summed E-state index contributed by atoms with van der Waals surface area (Å²) in [5, 5.41) is 9.39. The summed E-state index contributed by atoms with van der Waals surface area (Å²) in [6.07, 6.45) is 2.76. The van der Waals surface area contributed by atoms with Gasteiger partial charge in [0.05, 0.1) is 6.61 Å². The molecule has 1 heterocycles. The van der Waals surface area contributed by atoms with Crippen molar-refractivity contribution in [1.29, 1.82) is 0 Å². The number of nitrogens with zero attached hydrogens (tertiary/aromatic N) is 1. The Morgan fingerprint density at radius 1 is 1.35 bits per heavy atom. The van der Waals surface area contributed by atoms with E-state index in [0.29, 0.717) is 26.1 Å². The molecule has 0 saturated heterocycles. The summed E-state index contributed by atoms with van der Waals surface area (Å²) >= 11 is 0. The largest absolute Gasteiger partial charge is 0.480 e. The van der Waals surface area contributed by atoms with Crippen LogP contribution in [0.1, 0.15) is 30.9 Å². The van der Waals surface area contributed by atoms with Gasteiger partial charge >= 0.3 is 5.97 Å². The average molecular weight is 277 g/mol. The molecule has 0 amide bonds. The summed E-state index contributed by atoms with van der Waals surface area (Å²) in [4.78, 5) is 13.4. The number of benzene rings is 1. The van der Waals surface area contributed by atoms with E-state index in [1.807, 2.05) is 23.1 Å². The number of rotatable bonds is 7. The molecule has 0 aliphatic carbocycles. The van der Waals surface area contributed by atoms with Gasteiger partial charge in [-0.15, -0.1) is 0 Å². The minimum Gasteiger partial charge on any atom is -0.480 e. The molecular weight excluding hydrogens is 254 g/mol. The van der Waals surface area contributed by atoms with E-state index in [1.165, 1.54) is 5.56 Å². The molecule has 4 nitrogen and oxygen atoms in total. The second-order valence-corrected chi connectivity index (χ2v) is 5.26. The van der Waals surface area contributed by atoms with Crippen molar-refractivity contribution in [1.82, 2.24) is 4.90 Å². The number of fused-ring (bicyclic) bond motifs is 1. The zero-order valence-corrected chi connectivity index (χ0v) is 12.0. The Labute approximate surface area is 120 Å². The minimum absolute atomic E-state index is 0.431. The van der Waals surface area contributed by atoms with Crippen LogP contribution in [0.5, 0.6) is 0 Å². The van der Waals surface area contributed by atoms with Gasteiger partial charge in [-0.25, -0.2) is 0 Å². The maximum atomic E-state index is 11.4. The lowest BCUT2D eigenvalue weighted by atomic mass is 9.94. The van der Waals surface area contributed by atoms with Crippen LogP contribution in [0.3, 0.4) is 0 Å². The molecule has 2 rings (SSSR count). The molecule has 0 bridgehead atoms. The van der Waals surface area contributed by atoms with Gasteiger partial charge in [0.25, 0.3) is 0 Å². The first-order valence-corrected chi connectivity index (χ1v) is 7.33.